The fourth-order valence-electron chi connectivity index (χ4n) is 1.68. The van der Waals surface area contributed by atoms with Crippen molar-refractivity contribution < 1.29 is 24.2 Å². The Labute approximate surface area is 133 Å². The molecule has 0 fully saturated rings. The highest BCUT2D eigenvalue weighted by Gasteiger charge is 2.17. The first-order valence-corrected chi connectivity index (χ1v) is 7.73. The molecule has 0 rings (SSSR count). The first-order valence-electron chi connectivity index (χ1n) is 7.73. The zero-order chi connectivity index (χ0) is 17.0. The summed E-state index contributed by atoms with van der Waals surface area (Å²) in [5.74, 6) is 0.0288. The number of carbonyl (C=O) groups excluding carboxylic acids is 2. The van der Waals surface area contributed by atoms with E-state index in [1.54, 1.807) is 25.7 Å². The predicted molar refractivity (Wildman–Crippen MR) is 83.6 cm³/mol. The van der Waals surface area contributed by atoms with Crippen molar-refractivity contribution in [3.63, 3.8) is 0 Å². The number of aliphatic hydroxyl groups is 1. The third kappa shape index (κ3) is 11.3. The van der Waals surface area contributed by atoms with Gasteiger partial charge >= 0.3 is 6.09 Å². The van der Waals surface area contributed by atoms with E-state index >= 15 is 0 Å². The minimum absolute atomic E-state index is 0.0288. The molecule has 0 aromatic rings. The summed E-state index contributed by atoms with van der Waals surface area (Å²) in [5.41, 5.74) is -0.542. The van der Waals surface area contributed by atoms with E-state index in [4.69, 9.17) is 14.6 Å². The lowest BCUT2D eigenvalue weighted by molar-refractivity contribution is -0.132. The second-order valence-corrected chi connectivity index (χ2v) is 5.90. The van der Waals surface area contributed by atoms with E-state index in [0.717, 1.165) is 6.42 Å². The summed E-state index contributed by atoms with van der Waals surface area (Å²) in [6.07, 6.45) is 0.741. The molecule has 7 nitrogen and oxygen atoms in total. The van der Waals surface area contributed by atoms with Gasteiger partial charge in [0, 0.05) is 26.1 Å². The van der Waals surface area contributed by atoms with E-state index in [-0.39, 0.29) is 19.1 Å². The Morgan fingerprint density at radius 2 is 1.86 bits per heavy atom. The summed E-state index contributed by atoms with van der Waals surface area (Å²) in [6.45, 7) is 9.07. The van der Waals surface area contributed by atoms with Gasteiger partial charge in [0.15, 0.2) is 0 Å². The van der Waals surface area contributed by atoms with E-state index in [1.165, 1.54) is 0 Å². The topological polar surface area (TPSA) is 88.1 Å². The molecule has 0 unspecified atom stereocenters. The fraction of sp³-hybridized carbons (Fsp3) is 0.867. The monoisotopic (exact) mass is 318 g/mol. The molecular weight excluding hydrogens is 288 g/mol. The van der Waals surface area contributed by atoms with Crippen molar-refractivity contribution in [2.75, 3.05) is 39.5 Å². The number of alkyl carbamates (subject to hydrolysis) is 1. The van der Waals surface area contributed by atoms with Gasteiger partial charge in [-0.15, -0.1) is 0 Å². The largest absolute Gasteiger partial charge is 0.444 e. The third-order valence-corrected chi connectivity index (χ3v) is 2.61. The third-order valence-electron chi connectivity index (χ3n) is 2.61. The van der Waals surface area contributed by atoms with Gasteiger partial charge in [-0.05, 0) is 27.2 Å². The standard InChI is InChI=1S/C15H30N2O5/c1-5-6-13(19)17(9-11-21-12-10-18)8-7-16-14(20)22-15(2,3)4/h18H,5-12H2,1-4H3,(H,16,20). The zero-order valence-electron chi connectivity index (χ0n) is 14.2. The molecule has 22 heavy (non-hydrogen) atoms. The number of ether oxygens (including phenoxy) is 2. The maximum absolute atomic E-state index is 12.0. The number of aliphatic hydroxyl groups excluding tert-OH is 1. The van der Waals surface area contributed by atoms with Crippen molar-refractivity contribution in [2.45, 2.75) is 46.1 Å². The minimum Gasteiger partial charge on any atom is -0.444 e. The van der Waals surface area contributed by atoms with Crippen LogP contribution in [0.4, 0.5) is 4.79 Å². The van der Waals surface area contributed by atoms with Crippen LogP contribution in [0.2, 0.25) is 0 Å². The lowest BCUT2D eigenvalue weighted by Gasteiger charge is -2.24. The average molecular weight is 318 g/mol. The lowest BCUT2D eigenvalue weighted by Crippen LogP contribution is -2.41. The molecule has 130 valence electrons. The number of hydrogen-bond donors (Lipinski definition) is 2. The molecule has 0 spiro atoms. The van der Waals surface area contributed by atoms with Crippen LogP contribution in [-0.2, 0) is 14.3 Å². The second-order valence-electron chi connectivity index (χ2n) is 5.90. The number of carbonyl (C=O) groups is 2. The Hall–Kier alpha value is -1.34. The number of nitrogens with zero attached hydrogens (tertiary/aromatic N) is 1. The van der Waals surface area contributed by atoms with Crippen molar-refractivity contribution in [3.8, 4) is 0 Å². The Bertz CT molecular complexity index is 328. The first-order chi connectivity index (χ1) is 10.3. The molecule has 7 heteroatoms. The molecule has 0 aliphatic carbocycles. The van der Waals surface area contributed by atoms with Crippen molar-refractivity contribution in [1.29, 1.82) is 0 Å². The second kappa shape index (κ2) is 11.3. The van der Waals surface area contributed by atoms with Gasteiger partial charge in [0.1, 0.15) is 5.60 Å². The van der Waals surface area contributed by atoms with Gasteiger partial charge in [-0.2, -0.15) is 0 Å². The minimum atomic E-state index is -0.542. The molecule has 0 aromatic heterocycles. The molecule has 0 saturated heterocycles. The van der Waals surface area contributed by atoms with Gasteiger partial charge in [0.05, 0.1) is 19.8 Å². The molecule has 0 bridgehead atoms. The maximum atomic E-state index is 12.0. The van der Waals surface area contributed by atoms with Gasteiger partial charge in [-0.25, -0.2) is 4.79 Å². The van der Waals surface area contributed by atoms with E-state index in [9.17, 15) is 9.59 Å². The molecular formula is C15H30N2O5. The summed E-state index contributed by atoms with van der Waals surface area (Å²) in [4.78, 5) is 25.2. The van der Waals surface area contributed by atoms with Crippen LogP contribution < -0.4 is 5.32 Å². The van der Waals surface area contributed by atoms with Crippen LogP contribution in [0.15, 0.2) is 0 Å². The van der Waals surface area contributed by atoms with Crippen LogP contribution >= 0.6 is 0 Å². The smallest absolute Gasteiger partial charge is 0.407 e. The van der Waals surface area contributed by atoms with Crippen LogP contribution in [0.25, 0.3) is 0 Å². The first kappa shape index (κ1) is 20.7. The van der Waals surface area contributed by atoms with Crippen LogP contribution in [0.1, 0.15) is 40.5 Å². The highest BCUT2D eigenvalue weighted by Crippen LogP contribution is 2.06. The number of amides is 2. The number of rotatable bonds is 10. The SMILES string of the molecule is CCCC(=O)N(CCNC(=O)OC(C)(C)C)CCOCCO. The molecule has 0 heterocycles. The zero-order valence-corrected chi connectivity index (χ0v) is 14.2. The Kier molecular flexibility index (Phi) is 10.6. The van der Waals surface area contributed by atoms with Crippen LogP contribution in [0.5, 0.6) is 0 Å². The van der Waals surface area contributed by atoms with E-state index in [1.807, 2.05) is 6.92 Å². The van der Waals surface area contributed by atoms with Gasteiger partial charge < -0.3 is 24.8 Å². The van der Waals surface area contributed by atoms with Gasteiger partial charge in [0.2, 0.25) is 5.91 Å². The van der Waals surface area contributed by atoms with Crippen molar-refractivity contribution in [2.24, 2.45) is 0 Å². The molecule has 0 atom stereocenters. The Morgan fingerprint density at radius 3 is 2.41 bits per heavy atom. The molecule has 0 radical (unpaired) electrons. The van der Waals surface area contributed by atoms with E-state index < -0.39 is 11.7 Å². The van der Waals surface area contributed by atoms with E-state index in [0.29, 0.717) is 32.7 Å². The van der Waals surface area contributed by atoms with Crippen molar-refractivity contribution in [1.82, 2.24) is 10.2 Å². The highest BCUT2D eigenvalue weighted by molar-refractivity contribution is 5.76. The van der Waals surface area contributed by atoms with Gasteiger partial charge in [0.25, 0.3) is 0 Å². The average Bonchev–Trinajstić information content (AvgIpc) is 2.39. The summed E-state index contributed by atoms with van der Waals surface area (Å²) >= 11 is 0. The number of nitrogens with one attached hydrogen (secondary N) is 1. The molecule has 0 aromatic carbocycles. The molecule has 2 amide bonds. The molecule has 0 saturated carbocycles. The number of hydrogen-bond acceptors (Lipinski definition) is 5. The molecule has 2 N–H and O–H groups in total. The summed E-state index contributed by atoms with van der Waals surface area (Å²) in [7, 11) is 0. The molecule has 0 aliphatic heterocycles. The summed E-state index contributed by atoms with van der Waals surface area (Å²) in [6, 6.07) is 0. The van der Waals surface area contributed by atoms with Gasteiger partial charge in [-0.1, -0.05) is 6.92 Å². The van der Waals surface area contributed by atoms with Crippen molar-refractivity contribution in [3.05, 3.63) is 0 Å². The maximum Gasteiger partial charge on any atom is 0.407 e. The fourth-order valence-corrected chi connectivity index (χ4v) is 1.68. The van der Waals surface area contributed by atoms with Crippen LogP contribution in [-0.4, -0.2) is 67.1 Å². The summed E-state index contributed by atoms with van der Waals surface area (Å²) in [5, 5.41) is 11.3. The normalized spacial score (nSPS) is 11.1. The quantitative estimate of drug-likeness (QED) is 0.590. The Morgan fingerprint density at radius 1 is 1.18 bits per heavy atom. The highest BCUT2D eigenvalue weighted by atomic mass is 16.6. The van der Waals surface area contributed by atoms with Crippen LogP contribution in [0, 0.1) is 0 Å². The van der Waals surface area contributed by atoms with E-state index in [2.05, 4.69) is 5.32 Å². The lowest BCUT2D eigenvalue weighted by atomic mass is 10.2. The van der Waals surface area contributed by atoms with Crippen LogP contribution in [0.3, 0.4) is 0 Å². The summed E-state index contributed by atoms with van der Waals surface area (Å²) < 4.78 is 10.3. The molecule has 0 aliphatic rings. The predicted octanol–water partition coefficient (Wildman–Crippen LogP) is 1.15. The Balaban J connectivity index is 4.16. The van der Waals surface area contributed by atoms with Crippen molar-refractivity contribution >= 4 is 12.0 Å². The van der Waals surface area contributed by atoms with Gasteiger partial charge in [-0.3, -0.25) is 4.79 Å².